The number of ether oxygens (including phenoxy) is 1. The number of aliphatic hydroxyl groups is 1. The Morgan fingerprint density at radius 3 is 2.68 bits per heavy atom. The number of nitrogens with zero attached hydrogens (tertiary/aromatic N) is 2. The van der Waals surface area contributed by atoms with Crippen LogP contribution in [0, 0.1) is 5.92 Å². The Morgan fingerprint density at radius 1 is 1.32 bits per heavy atom. The summed E-state index contributed by atoms with van der Waals surface area (Å²) >= 11 is 0. The van der Waals surface area contributed by atoms with Crippen LogP contribution in [0.2, 0.25) is 0 Å². The zero-order chi connectivity index (χ0) is 13.9. The molecule has 0 spiro atoms. The summed E-state index contributed by atoms with van der Waals surface area (Å²) in [7, 11) is 0. The van der Waals surface area contributed by atoms with Crippen LogP contribution in [0.15, 0.2) is 0 Å². The first-order valence-electron chi connectivity index (χ1n) is 7.79. The minimum Gasteiger partial charge on any atom is -0.387 e. The average Bonchev–Trinajstić information content (AvgIpc) is 2.26. The molecule has 0 aromatic heterocycles. The molecule has 0 saturated carbocycles. The van der Waals surface area contributed by atoms with Crippen molar-refractivity contribution in [2.24, 2.45) is 5.92 Å². The maximum atomic E-state index is 10.2. The van der Waals surface area contributed by atoms with Gasteiger partial charge in [-0.2, -0.15) is 0 Å². The summed E-state index contributed by atoms with van der Waals surface area (Å²) in [6, 6.07) is 0. The van der Waals surface area contributed by atoms with E-state index in [9.17, 15) is 5.11 Å². The smallest absolute Gasteiger partial charge is 0.0900 e. The fourth-order valence-corrected chi connectivity index (χ4v) is 3.40. The van der Waals surface area contributed by atoms with E-state index < -0.39 is 5.60 Å². The molecule has 2 rings (SSSR count). The Kier molecular flexibility index (Phi) is 5.23. The summed E-state index contributed by atoms with van der Waals surface area (Å²) in [5, 5.41) is 10.2. The van der Waals surface area contributed by atoms with Crippen molar-refractivity contribution >= 4 is 0 Å². The molecule has 4 heteroatoms. The number of likely N-dealkylation sites (tertiary alicyclic amines) is 1. The zero-order valence-corrected chi connectivity index (χ0v) is 12.8. The Bertz CT molecular complexity index is 277. The Hall–Kier alpha value is -0.160. The van der Waals surface area contributed by atoms with Crippen molar-refractivity contribution in [2.75, 3.05) is 45.9 Å². The zero-order valence-electron chi connectivity index (χ0n) is 12.8. The highest BCUT2D eigenvalue weighted by molar-refractivity contribution is 4.96. The van der Waals surface area contributed by atoms with E-state index in [1.54, 1.807) is 0 Å². The van der Waals surface area contributed by atoms with Crippen LogP contribution in [0.5, 0.6) is 0 Å². The molecule has 0 aromatic rings. The highest BCUT2D eigenvalue weighted by atomic mass is 16.5. The molecule has 2 heterocycles. The normalized spacial score (nSPS) is 28.6. The summed E-state index contributed by atoms with van der Waals surface area (Å²) in [4.78, 5) is 4.84. The molecule has 0 radical (unpaired) electrons. The molecule has 0 amide bonds. The molecule has 0 bridgehead atoms. The van der Waals surface area contributed by atoms with Gasteiger partial charge in [-0.1, -0.05) is 27.2 Å². The number of morpholine rings is 1. The third kappa shape index (κ3) is 4.42. The highest BCUT2D eigenvalue weighted by Gasteiger charge is 2.41. The van der Waals surface area contributed by atoms with Crippen molar-refractivity contribution in [2.45, 2.75) is 45.3 Å². The largest absolute Gasteiger partial charge is 0.387 e. The maximum absolute atomic E-state index is 10.2. The lowest BCUT2D eigenvalue weighted by molar-refractivity contribution is -0.128. The molecule has 1 N–H and O–H groups in total. The molecule has 1 atom stereocenters. The second-order valence-electron chi connectivity index (χ2n) is 6.79. The Morgan fingerprint density at radius 2 is 2.05 bits per heavy atom. The van der Waals surface area contributed by atoms with Gasteiger partial charge in [-0.25, -0.2) is 0 Å². The topological polar surface area (TPSA) is 35.9 Å². The fraction of sp³-hybridized carbons (Fsp3) is 1.00. The second-order valence-corrected chi connectivity index (χ2v) is 6.79. The van der Waals surface area contributed by atoms with E-state index in [1.165, 1.54) is 6.54 Å². The molecule has 2 saturated heterocycles. The van der Waals surface area contributed by atoms with Crippen LogP contribution in [0.4, 0.5) is 0 Å². The Balaban J connectivity index is 1.69. The van der Waals surface area contributed by atoms with E-state index in [0.717, 1.165) is 58.1 Å². The lowest BCUT2D eigenvalue weighted by Crippen LogP contribution is -2.64. The third-order valence-corrected chi connectivity index (χ3v) is 4.06. The van der Waals surface area contributed by atoms with Crippen LogP contribution in [0.3, 0.4) is 0 Å². The first-order chi connectivity index (χ1) is 9.00. The molecule has 2 aliphatic rings. The van der Waals surface area contributed by atoms with Gasteiger partial charge in [-0.3, -0.25) is 9.80 Å². The van der Waals surface area contributed by atoms with Gasteiger partial charge in [0, 0.05) is 39.3 Å². The lowest BCUT2D eigenvalue weighted by Gasteiger charge is -2.48. The highest BCUT2D eigenvalue weighted by Crippen LogP contribution is 2.26. The minimum atomic E-state index is -0.416. The van der Waals surface area contributed by atoms with Crippen LogP contribution in [-0.4, -0.2) is 72.5 Å². The van der Waals surface area contributed by atoms with E-state index in [-0.39, 0.29) is 0 Å². The minimum absolute atomic E-state index is 0.318. The van der Waals surface area contributed by atoms with Crippen LogP contribution in [-0.2, 0) is 4.74 Å². The molecular formula is C15H30N2O2. The predicted octanol–water partition coefficient (Wildman–Crippen LogP) is 1.19. The molecule has 1 unspecified atom stereocenters. The standard InChI is InChI=1S/C15H30N2O2/c1-4-5-15(18)11-17(12-15)10-14-9-16(6-7-19-14)8-13(2)3/h13-14,18H,4-12H2,1-3H3. The van der Waals surface area contributed by atoms with Gasteiger partial charge >= 0.3 is 0 Å². The number of hydrogen-bond donors (Lipinski definition) is 1. The van der Waals surface area contributed by atoms with Crippen LogP contribution < -0.4 is 0 Å². The van der Waals surface area contributed by atoms with Crippen molar-refractivity contribution in [3.8, 4) is 0 Å². The van der Waals surface area contributed by atoms with Gasteiger partial charge in [-0.05, 0) is 12.3 Å². The molecular weight excluding hydrogens is 240 g/mol. The van der Waals surface area contributed by atoms with Gasteiger partial charge in [0.15, 0.2) is 0 Å². The molecule has 19 heavy (non-hydrogen) atoms. The first kappa shape index (κ1) is 15.2. The third-order valence-electron chi connectivity index (χ3n) is 4.06. The van der Waals surface area contributed by atoms with Gasteiger partial charge in [0.25, 0.3) is 0 Å². The summed E-state index contributed by atoms with van der Waals surface area (Å²) < 4.78 is 5.86. The monoisotopic (exact) mass is 270 g/mol. The van der Waals surface area contributed by atoms with Gasteiger partial charge in [0.2, 0.25) is 0 Å². The number of β-amino-alcohol motifs (C(OH)–C–C–N with tert-alkyl or cyclic N) is 1. The van der Waals surface area contributed by atoms with Gasteiger partial charge in [0.05, 0.1) is 18.3 Å². The van der Waals surface area contributed by atoms with E-state index in [0.29, 0.717) is 6.10 Å². The molecule has 2 fully saturated rings. The van der Waals surface area contributed by atoms with E-state index in [2.05, 4.69) is 30.6 Å². The quantitative estimate of drug-likeness (QED) is 0.786. The van der Waals surface area contributed by atoms with Crippen LogP contribution in [0.25, 0.3) is 0 Å². The van der Waals surface area contributed by atoms with Crippen LogP contribution >= 0.6 is 0 Å². The SMILES string of the molecule is CCCC1(O)CN(CC2CN(CC(C)C)CCO2)C1. The molecule has 0 aliphatic carbocycles. The number of rotatable bonds is 6. The van der Waals surface area contributed by atoms with E-state index in [1.807, 2.05) is 0 Å². The summed E-state index contributed by atoms with van der Waals surface area (Å²) in [5.74, 6) is 0.720. The van der Waals surface area contributed by atoms with Gasteiger partial charge < -0.3 is 9.84 Å². The van der Waals surface area contributed by atoms with Gasteiger partial charge in [0.1, 0.15) is 0 Å². The summed E-state index contributed by atoms with van der Waals surface area (Å²) in [6.07, 6.45) is 2.31. The predicted molar refractivity (Wildman–Crippen MR) is 77.3 cm³/mol. The fourth-order valence-electron chi connectivity index (χ4n) is 3.40. The van der Waals surface area contributed by atoms with Crippen molar-refractivity contribution in [3.63, 3.8) is 0 Å². The summed E-state index contributed by atoms with van der Waals surface area (Å²) in [5.41, 5.74) is -0.416. The lowest BCUT2D eigenvalue weighted by atomic mass is 9.89. The molecule has 0 aromatic carbocycles. The van der Waals surface area contributed by atoms with E-state index >= 15 is 0 Å². The van der Waals surface area contributed by atoms with Crippen molar-refractivity contribution in [1.82, 2.24) is 9.80 Å². The molecule has 2 aliphatic heterocycles. The van der Waals surface area contributed by atoms with Crippen molar-refractivity contribution < 1.29 is 9.84 Å². The first-order valence-corrected chi connectivity index (χ1v) is 7.79. The van der Waals surface area contributed by atoms with E-state index in [4.69, 9.17) is 4.74 Å². The summed E-state index contributed by atoms with van der Waals surface area (Å²) in [6.45, 7) is 13.4. The van der Waals surface area contributed by atoms with Crippen molar-refractivity contribution in [3.05, 3.63) is 0 Å². The second kappa shape index (κ2) is 6.53. The molecule has 112 valence electrons. The molecule has 4 nitrogen and oxygen atoms in total. The van der Waals surface area contributed by atoms with Crippen LogP contribution in [0.1, 0.15) is 33.6 Å². The average molecular weight is 270 g/mol. The van der Waals surface area contributed by atoms with Gasteiger partial charge in [-0.15, -0.1) is 0 Å². The Labute approximate surface area is 117 Å². The van der Waals surface area contributed by atoms with Crippen molar-refractivity contribution in [1.29, 1.82) is 0 Å². The number of hydrogen-bond acceptors (Lipinski definition) is 4. The maximum Gasteiger partial charge on any atom is 0.0900 e.